The van der Waals surface area contributed by atoms with Gasteiger partial charge in [-0.05, 0) is 15.9 Å². The van der Waals surface area contributed by atoms with Gasteiger partial charge in [0.2, 0.25) is 0 Å². The molecule has 0 bridgehead atoms. The van der Waals surface area contributed by atoms with Gasteiger partial charge in [0.05, 0.1) is 10.0 Å². The Bertz CT molecular complexity index is 303. The molecule has 0 atom stereocenters. The van der Waals surface area contributed by atoms with Crippen LogP contribution in [-0.4, -0.2) is 4.98 Å². The molecule has 0 fully saturated rings. The van der Waals surface area contributed by atoms with Crippen molar-refractivity contribution in [1.82, 2.24) is 4.98 Å². The number of nitrogens with zero attached hydrogens (tertiary/aromatic N) is 1. The van der Waals surface area contributed by atoms with E-state index in [9.17, 15) is 13.2 Å². The van der Waals surface area contributed by atoms with Crippen molar-refractivity contribution in [2.45, 2.75) is 6.43 Å². The van der Waals surface area contributed by atoms with Gasteiger partial charge in [0.1, 0.15) is 5.82 Å². The molecular formula is C6H4BrF3N2. The fraction of sp³-hybridized carbons (Fsp3) is 0.167. The van der Waals surface area contributed by atoms with Gasteiger partial charge in [0.15, 0.2) is 5.82 Å². The highest BCUT2D eigenvalue weighted by atomic mass is 79.9. The summed E-state index contributed by atoms with van der Waals surface area (Å²) in [6, 6.07) is 0. The van der Waals surface area contributed by atoms with Gasteiger partial charge >= 0.3 is 0 Å². The van der Waals surface area contributed by atoms with Gasteiger partial charge in [-0.15, -0.1) is 0 Å². The highest BCUT2D eigenvalue weighted by molar-refractivity contribution is 9.10. The first-order valence-electron chi connectivity index (χ1n) is 2.91. The summed E-state index contributed by atoms with van der Waals surface area (Å²) in [6.45, 7) is 0. The molecule has 0 aliphatic carbocycles. The number of hydrogen-bond donors (Lipinski definition) is 1. The zero-order chi connectivity index (χ0) is 9.30. The standard InChI is InChI=1S/C6H4BrF3N2/c7-3-4(8)2(5(9)10)1-12-6(3)11/h1,5H,(H2,11,12). The van der Waals surface area contributed by atoms with E-state index in [0.717, 1.165) is 6.20 Å². The molecule has 0 amide bonds. The number of anilines is 1. The normalized spacial score (nSPS) is 10.8. The highest BCUT2D eigenvalue weighted by Gasteiger charge is 2.17. The summed E-state index contributed by atoms with van der Waals surface area (Å²) >= 11 is 2.70. The number of nitrogen functional groups attached to an aromatic ring is 1. The molecule has 12 heavy (non-hydrogen) atoms. The molecule has 1 aromatic rings. The van der Waals surface area contributed by atoms with Gasteiger partial charge in [-0.3, -0.25) is 0 Å². The van der Waals surface area contributed by atoms with Crippen LogP contribution in [0, 0.1) is 5.82 Å². The van der Waals surface area contributed by atoms with E-state index >= 15 is 0 Å². The summed E-state index contributed by atoms with van der Waals surface area (Å²) in [5.74, 6) is -1.20. The molecule has 0 aliphatic rings. The summed E-state index contributed by atoms with van der Waals surface area (Å²) in [4.78, 5) is 3.37. The predicted molar refractivity (Wildman–Crippen MR) is 41.3 cm³/mol. The zero-order valence-electron chi connectivity index (χ0n) is 5.69. The number of nitrogens with two attached hydrogens (primary N) is 1. The van der Waals surface area contributed by atoms with Crippen molar-refractivity contribution in [3.8, 4) is 0 Å². The number of rotatable bonds is 1. The zero-order valence-corrected chi connectivity index (χ0v) is 7.28. The monoisotopic (exact) mass is 240 g/mol. The van der Waals surface area contributed by atoms with E-state index in [4.69, 9.17) is 5.73 Å². The third kappa shape index (κ3) is 1.52. The van der Waals surface area contributed by atoms with Crippen LogP contribution in [0.25, 0.3) is 0 Å². The Morgan fingerprint density at radius 2 is 2.08 bits per heavy atom. The van der Waals surface area contributed by atoms with E-state index in [1.165, 1.54) is 0 Å². The number of alkyl halides is 2. The topological polar surface area (TPSA) is 38.9 Å². The van der Waals surface area contributed by atoms with Crippen molar-refractivity contribution in [3.63, 3.8) is 0 Å². The number of pyridine rings is 1. The summed E-state index contributed by atoms with van der Waals surface area (Å²) < 4.78 is 36.6. The van der Waals surface area contributed by atoms with Crippen LogP contribution in [0.1, 0.15) is 12.0 Å². The fourth-order valence-electron chi connectivity index (χ4n) is 0.644. The molecule has 0 saturated heterocycles. The highest BCUT2D eigenvalue weighted by Crippen LogP contribution is 2.28. The first-order chi connectivity index (χ1) is 5.54. The minimum atomic E-state index is -2.88. The average Bonchev–Trinajstić information content (AvgIpc) is 2.00. The van der Waals surface area contributed by atoms with Gasteiger partial charge in [-0.1, -0.05) is 0 Å². The number of aromatic nitrogens is 1. The van der Waals surface area contributed by atoms with E-state index in [2.05, 4.69) is 20.9 Å². The molecule has 0 unspecified atom stereocenters. The predicted octanol–water partition coefficient (Wildman–Crippen LogP) is 2.50. The Hall–Kier alpha value is -0.780. The van der Waals surface area contributed by atoms with Gasteiger partial charge in [0, 0.05) is 6.20 Å². The van der Waals surface area contributed by atoms with E-state index in [1.807, 2.05) is 0 Å². The summed E-state index contributed by atoms with van der Waals surface area (Å²) in [5.41, 5.74) is 4.39. The molecule has 2 N–H and O–H groups in total. The summed E-state index contributed by atoms with van der Waals surface area (Å²) in [6.07, 6.45) is -2.16. The van der Waals surface area contributed by atoms with Crippen LogP contribution in [0.4, 0.5) is 19.0 Å². The van der Waals surface area contributed by atoms with Gasteiger partial charge in [-0.25, -0.2) is 18.2 Å². The van der Waals surface area contributed by atoms with Gasteiger partial charge in [-0.2, -0.15) is 0 Å². The molecule has 1 aromatic heterocycles. The lowest BCUT2D eigenvalue weighted by molar-refractivity contribution is 0.145. The van der Waals surface area contributed by atoms with E-state index in [-0.39, 0.29) is 10.3 Å². The lowest BCUT2D eigenvalue weighted by atomic mass is 10.3. The molecule has 0 aliphatic heterocycles. The Kier molecular flexibility index (Phi) is 2.56. The molecule has 6 heteroatoms. The number of halogens is 4. The van der Waals surface area contributed by atoms with E-state index in [1.54, 1.807) is 0 Å². The minimum absolute atomic E-state index is 0.142. The van der Waals surface area contributed by atoms with Crippen molar-refractivity contribution in [3.05, 3.63) is 22.1 Å². The quantitative estimate of drug-likeness (QED) is 0.820. The van der Waals surface area contributed by atoms with Crippen molar-refractivity contribution in [2.24, 2.45) is 0 Å². The van der Waals surface area contributed by atoms with Gasteiger partial charge in [0.25, 0.3) is 6.43 Å². The first-order valence-corrected chi connectivity index (χ1v) is 3.71. The molecule has 0 radical (unpaired) electrons. The maximum Gasteiger partial charge on any atom is 0.268 e. The van der Waals surface area contributed by atoms with Crippen LogP contribution in [0.5, 0.6) is 0 Å². The first kappa shape index (κ1) is 9.31. The third-order valence-electron chi connectivity index (χ3n) is 1.25. The summed E-state index contributed by atoms with van der Waals surface area (Å²) in [7, 11) is 0. The molecule has 0 spiro atoms. The van der Waals surface area contributed by atoms with Gasteiger partial charge < -0.3 is 5.73 Å². The lowest BCUT2D eigenvalue weighted by Crippen LogP contribution is -1.99. The maximum absolute atomic E-state index is 12.9. The van der Waals surface area contributed by atoms with Crippen molar-refractivity contribution in [1.29, 1.82) is 0 Å². The Balaban J connectivity index is 3.27. The lowest BCUT2D eigenvalue weighted by Gasteiger charge is -2.03. The summed E-state index contributed by atoms with van der Waals surface area (Å²) in [5, 5.41) is 0. The Labute approximate surface area is 74.7 Å². The largest absolute Gasteiger partial charge is 0.383 e. The molecule has 1 rings (SSSR count). The second-order valence-corrected chi connectivity index (χ2v) is 2.82. The van der Waals surface area contributed by atoms with Crippen LogP contribution < -0.4 is 5.73 Å². The van der Waals surface area contributed by atoms with Crippen LogP contribution in [0.15, 0.2) is 10.7 Å². The molecule has 2 nitrogen and oxygen atoms in total. The van der Waals surface area contributed by atoms with E-state index in [0.29, 0.717) is 0 Å². The smallest absolute Gasteiger partial charge is 0.268 e. The second-order valence-electron chi connectivity index (χ2n) is 2.03. The van der Waals surface area contributed by atoms with Crippen LogP contribution in [-0.2, 0) is 0 Å². The maximum atomic E-state index is 12.9. The SMILES string of the molecule is Nc1ncc(C(F)F)c(F)c1Br. The van der Waals surface area contributed by atoms with Crippen LogP contribution >= 0.6 is 15.9 Å². The number of hydrogen-bond acceptors (Lipinski definition) is 2. The van der Waals surface area contributed by atoms with Crippen LogP contribution in [0.2, 0.25) is 0 Å². The third-order valence-corrected chi connectivity index (χ3v) is 2.00. The Morgan fingerprint density at radius 3 is 2.58 bits per heavy atom. The average molecular weight is 241 g/mol. The van der Waals surface area contributed by atoms with Crippen molar-refractivity contribution < 1.29 is 13.2 Å². The van der Waals surface area contributed by atoms with Crippen LogP contribution in [0.3, 0.4) is 0 Å². The van der Waals surface area contributed by atoms with Crippen molar-refractivity contribution in [2.75, 3.05) is 5.73 Å². The van der Waals surface area contributed by atoms with E-state index < -0.39 is 17.8 Å². The van der Waals surface area contributed by atoms with Crippen molar-refractivity contribution >= 4 is 21.7 Å². The molecule has 1 heterocycles. The molecule has 0 aromatic carbocycles. The second kappa shape index (κ2) is 3.30. The molecular weight excluding hydrogens is 237 g/mol. The molecule has 0 saturated carbocycles. The Morgan fingerprint density at radius 1 is 1.50 bits per heavy atom. The fourth-order valence-corrected chi connectivity index (χ4v) is 0.975. The minimum Gasteiger partial charge on any atom is -0.383 e. The molecule has 66 valence electrons.